The lowest BCUT2D eigenvalue weighted by Crippen LogP contribution is -2.39. The normalized spacial score (nSPS) is 18.4. The number of nitrogens with one attached hydrogen (secondary N) is 2. The lowest BCUT2D eigenvalue weighted by Gasteiger charge is -2.29. The standard InChI is InChI=1S/C25H33N3O2/c1-18(21-8-7-20-5-3-4-6-22(20)17-21)26-19(2)25(29)27-23-9-11-24(12-10-23)28-13-15-30-16-14-28/h7-12,17-19,26H,3-6,13-16H2,1-2H3,(H,27,29)/t18-,19-/m1/s1. The van der Waals surface area contributed by atoms with Crippen molar-refractivity contribution >= 4 is 17.3 Å². The fourth-order valence-electron chi connectivity index (χ4n) is 4.40. The van der Waals surface area contributed by atoms with Crippen molar-refractivity contribution in [3.05, 3.63) is 59.2 Å². The van der Waals surface area contributed by atoms with Gasteiger partial charge in [-0.25, -0.2) is 0 Å². The maximum atomic E-state index is 12.7. The van der Waals surface area contributed by atoms with Crippen LogP contribution in [0.1, 0.15) is 49.4 Å². The number of fused-ring (bicyclic) bond motifs is 1. The van der Waals surface area contributed by atoms with E-state index in [1.165, 1.54) is 48.1 Å². The van der Waals surface area contributed by atoms with Gasteiger partial charge >= 0.3 is 0 Å². The van der Waals surface area contributed by atoms with Crippen LogP contribution < -0.4 is 15.5 Å². The molecule has 1 heterocycles. The van der Waals surface area contributed by atoms with E-state index in [-0.39, 0.29) is 18.0 Å². The Hall–Kier alpha value is -2.37. The van der Waals surface area contributed by atoms with Crippen molar-refractivity contribution in [2.75, 3.05) is 36.5 Å². The summed E-state index contributed by atoms with van der Waals surface area (Å²) in [5.41, 5.74) is 6.22. The third-order valence-electron chi connectivity index (χ3n) is 6.28. The number of rotatable bonds is 6. The molecule has 2 atom stereocenters. The monoisotopic (exact) mass is 407 g/mol. The average molecular weight is 408 g/mol. The SMILES string of the molecule is C[C@@H](N[C@H](C)c1ccc2c(c1)CCCC2)C(=O)Nc1ccc(N2CCOCC2)cc1. The number of hydrogen-bond acceptors (Lipinski definition) is 4. The highest BCUT2D eigenvalue weighted by molar-refractivity contribution is 5.94. The topological polar surface area (TPSA) is 53.6 Å². The molecular formula is C25H33N3O2. The van der Waals surface area contributed by atoms with E-state index >= 15 is 0 Å². The average Bonchev–Trinajstić information content (AvgIpc) is 2.79. The summed E-state index contributed by atoms with van der Waals surface area (Å²) in [7, 11) is 0. The van der Waals surface area contributed by atoms with Crippen molar-refractivity contribution in [2.24, 2.45) is 0 Å². The van der Waals surface area contributed by atoms with E-state index in [4.69, 9.17) is 4.74 Å². The first-order valence-electron chi connectivity index (χ1n) is 11.2. The fraction of sp³-hybridized carbons (Fsp3) is 0.480. The van der Waals surface area contributed by atoms with Gasteiger partial charge in [-0.15, -0.1) is 0 Å². The molecule has 2 N–H and O–H groups in total. The Kier molecular flexibility index (Phi) is 6.70. The van der Waals surface area contributed by atoms with Crippen LogP contribution in [0.2, 0.25) is 0 Å². The number of carbonyl (C=O) groups is 1. The van der Waals surface area contributed by atoms with E-state index in [1.807, 2.05) is 19.1 Å². The third kappa shape index (κ3) is 5.02. The zero-order valence-electron chi connectivity index (χ0n) is 18.1. The zero-order chi connectivity index (χ0) is 20.9. The summed E-state index contributed by atoms with van der Waals surface area (Å²) in [4.78, 5) is 15.0. The number of aryl methyl sites for hydroxylation is 2. The van der Waals surface area contributed by atoms with Crippen LogP contribution >= 0.6 is 0 Å². The molecule has 1 amide bonds. The van der Waals surface area contributed by atoms with Crippen LogP contribution in [0.5, 0.6) is 0 Å². The largest absolute Gasteiger partial charge is 0.378 e. The maximum Gasteiger partial charge on any atom is 0.241 e. The second kappa shape index (κ2) is 9.63. The van der Waals surface area contributed by atoms with Gasteiger partial charge in [0, 0.05) is 30.5 Å². The summed E-state index contributed by atoms with van der Waals surface area (Å²) >= 11 is 0. The second-order valence-electron chi connectivity index (χ2n) is 8.48. The summed E-state index contributed by atoms with van der Waals surface area (Å²) in [6.45, 7) is 7.41. The van der Waals surface area contributed by atoms with E-state index in [2.05, 4.69) is 52.8 Å². The molecule has 0 aromatic heterocycles. The van der Waals surface area contributed by atoms with Crippen LogP contribution in [0.4, 0.5) is 11.4 Å². The van der Waals surface area contributed by atoms with Crippen LogP contribution in [0.15, 0.2) is 42.5 Å². The Balaban J connectivity index is 1.32. The molecular weight excluding hydrogens is 374 g/mol. The molecule has 1 saturated heterocycles. The predicted molar refractivity (Wildman–Crippen MR) is 122 cm³/mol. The molecule has 160 valence electrons. The Morgan fingerprint density at radius 1 is 0.967 bits per heavy atom. The molecule has 30 heavy (non-hydrogen) atoms. The first kappa shape index (κ1) is 20.9. The van der Waals surface area contributed by atoms with Crippen molar-refractivity contribution in [2.45, 2.75) is 51.6 Å². The van der Waals surface area contributed by atoms with Gasteiger partial charge in [0.05, 0.1) is 19.3 Å². The Morgan fingerprint density at radius 2 is 1.67 bits per heavy atom. The summed E-state index contributed by atoms with van der Waals surface area (Å²) < 4.78 is 5.41. The van der Waals surface area contributed by atoms with Crippen LogP contribution in [0.25, 0.3) is 0 Å². The molecule has 5 nitrogen and oxygen atoms in total. The number of anilines is 2. The number of ether oxygens (including phenoxy) is 1. The van der Waals surface area contributed by atoms with E-state index in [0.717, 1.165) is 32.0 Å². The highest BCUT2D eigenvalue weighted by atomic mass is 16.5. The minimum atomic E-state index is -0.282. The minimum Gasteiger partial charge on any atom is -0.378 e. The molecule has 2 aromatic carbocycles. The molecule has 1 fully saturated rings. The van der Waals surface area contributed by atoms with Crippen molar-refractivity contribution in [3.8, 4) is 0 Å². The van der Waals surface area contributed by atoms with Gasteiger partial charge in [-0.2, -0.15) is 0 Å². The molecule has 0 spiro atoms. The van der Waals surface area contributed by atoms with Gasteiger partial charge in [0.25, 0.3) is 0 Å². The molecule has 1 aliphatic heterocycles. The lowest BCUT2D eigenvalue weighted by atomic mass is 9.89. The highest BCUT2D eigenvalue weighted by Crippen LogP contribution is 2.25. The second-order valence-corrected chi connectivity index (χ2v) is 8.48. The number of morpholine rings is 1. The van der Waals surface area contributed by atoms with E-state index in [9.17, 15) is 4.79 Å². The summed E-state index contributed by atoms with van der Waals surface area (Å²) in [6.07, 6.45) is 4.94. The van der Waals surface area contributed by atoms with Crippen LogP contribution in [-0.4, -0.2) is 38.3 Å². The first-order chi connectivity index (χ1) is 14.6. The van der Waals surface area contributed by atoms with Crippen molar-refractivity contribution in [3.63, 3.8) is 0 Å². The van der Waals surface area contributed by atoms with Crippen molar-refractivity contribution in [1.82, 2.24) is 5.32 Å². The number of amides is 1. The van der Waals surface area contributed by atoms with Gasteiger partial charge in [-0.3, -0.25) is 10.1 Å². The lowest BCUT2D eigenvalue weighted by molar-refractivity contribution is -0.117. The number of carbonyl (C=O) groups excluding carboxylic acids is 1. The molecule has 5 heteroatoms. The van der Waals surface area contributed by atoms with Crippen molar-refractivity contribution in [1.29, 1.82) is 0 Å². The first-order valence-corrected chi connectivity index (χ1v) is 11.2. The summed E-state index contributed by atoms with van der Waals surface area (Å²) in [5.74, 6) is -0.0149. The molecule has 0 radical (unpaired) electrons. The maximum absolute atomic E-state index is 12.7. The van der Waals surface area contributed by atoms with Gasteiger partial charge in [0.15, 0.2) is 0 Å². The quantitative estimate of drug-likeness (QED) is 0.758. The number of hydrogen-bond donors (Lipinski definition) is 2. The van der Waals surface area contributed by atoms with E-state index in [1.54, 1.807) is 0 Å². The number of benzene rings is 2. The van der Waals surface area contributed by atoms with E-state index in [0.29, 0.717) is 0 Å². The van der Waals surface area contributed by atoms with Gasteiger partial charge in [-0.1, -0.05) is 18.2 Å². The fourth-order valence-corrected chi connectivity index (χ4v) is 4.40. The smallest absolute Gasteiger partial charge is 0.241 e. The Labute approximate surface area is 179 Å². The molecule has 1 aliphatic carbocycles. The predicted octanol–water partition coefficient (Wildman–Crippen LogP) is 4.08. The molecule has 0 saturated carbocycles. The molecule has 2 aromatic rings. The molecule has 0 unspecified atom stereocenters. The summed E-state index contributed by atoms with van der Waals surface area (Å²) in [5, 5.41) is 6.49. The minimum absolute atomic E-state index is 0.0149. The summed E-state index contributed by atoms with van der Waals surface area (Å²) in [6, 6.07) is 14.7. The molecule has 2 aliphatic rings. The zero-order valence-corrected chi connectivity index (χ0v) is 18.1. The molecule has 0 bridgehead atoms. The van der Waals surface area contributed by atoms with Gasteiger partial charge < -0.3 is 15.0 Å². The Bertz CT molecular complexity index is 859. The van der Waals surface area contributed by atoms with Gasteiger partial charge in [0.1, 0.15) is 0 Å². The van der Waals surface area contributed by atoms with Gasteiger partial charge in [0.2, 0.25) is 5.91 Å². The van der Waals surface area contributed by atoms with Crippen molar-refractivity contribution < 1.29 is 9.53 Å². The Morgan fingerprint density at radius 3 is 2.40 bits per heavy atom. The van der Waals surface area contributed by atoms with Crippen LogP contribution in [0.3, 0.4) is 0 Å². The van der Waals surface area contributed by atoms with Crippen LogP contribution in [-0.2, 0) is 22.4 Å². The highest BCUT2D eigenvalue weighted by Gasteiger charge is 2.18. The van der Waals surface area contributed by atoms with E-state index < -0.39 is 0 Å². The number of nitrogens with zero attached hydrogens (tertiary/aromatic N) is 1. The van der Waals surface area contributed by atoms with Crippen LogP contribution in [0, 0.1) is 0 Å². The van der Waals surface area contributed by atoms with Gasteiger partial charge in [-0.05, 0) is 80.5 Å². The third-order valence-corrected chi connectivity index (χ3v) is 6.28. The molecule has 4 rings (SSSR count).